The summed E-state index contributed by atoms with van der Waals surface area (Å²) in [6.45, 7) is 0. The van der Waals surface area contributed by atoms with Crippen molar-refractivity contribution in [3.8, 4) is 0 Å². The standard InChI is InChI=1S/C22H20IN3O2/c23-16-10-8-15(9-11-16)21(27)24-17-5-3-4-14(12-17)13-20-18-6-1-2-7-19(18)22(28)26-25-20/h3-5,8-12H,1-2,6-7,13H2,(H,24,27)(H,26,28). The lowest BCUT2D eigenvalue weighted by Gasteiger charge is -2.17. The van der Waals surface area contributed by atoms with Gasteiger partial charge in [-0.3, -0.25) is 9.59 Å². The average Bonchev–Trinajstić information content (AvgIpc) is 2.71. The third-order valence-corrected chi connectivity index (χ3v) is 5.76. The van der Waals surface area contributed by atoms with E-state index in [1.54, 1.807) is 0 Å². The van der Waals surface area contributed by atoms with Gasteiger partial charge >= 0.3 is 0 Å². The Morgan fingerprint density at radius 2 is 1.82 bits per heavy atom. The first-order chi connectivity index (χ1) is 13.6. The first-order valence-electron chi connectivity index (χ1n) is 9.35. The molecule has 0 atom stereocenters. The van der Waals surface area contributed by atoms with E-state index in [0.717, 1.165) is 57.3 Å². The second kappa shape index (κ2) is 8.26. The number of aromatic nitrogens is 2. The lowest BCUT2D eigenvalue weighted by molar-refractivity contribution is 0.102. The molecular formula is C22H20IN3O2. The van der Waals surface area contributed by atoms with E-state index >= 15 is 0 Å². The highest BCUT2D eigenvalue weighted by Crippen LogP contribution is 2.23. The molecule has 1 aliphatic rings. The average molecular weight is 485 g/mol. The van der Waals surface area contributed by atoms with E-state index in [0.29, 0.717) is 12.0 Å². The summed E-state index contributed by atoms with van der Waals surface area (Å²) in [7, 11) is 0. The maximum atomic E-state index is 12.5. The van der Waals surface area contributed by atoms with Gasteiger partial charge in [0.2, 0.25) is 0 Å². The van der Waals surface area contributed by atoms with Crippen LogP contribution in [0.25, 0.3) is 0 Å². The number of amides is 1. The van der Waals surface area contributed by atoms with Crippen molar-refractivity contribution in [3.63, 3.8) is 0 Å². The van der Waals surface area contributed by atoms with Crippen molar-refractivity contribution in [2.75, 3.05) is 5.32 Å². The van der Waals surface area contributed by atoms with Gasteiger partial charge in [-0.15, -0.1) is 0 Å². The topological polar surface area (TPSA) is 74.8 Å². The molecule has 0 saturated carbocycles. The smallest absolute Gasteiger partial charge is 0.267 e. The Morgan fingerprint density at radius 3 is 2.61 bits per heavy atom. The number of carbonyl (C=O) groups is 1. The molecule has 0 unspecified atom stereocenters. The first kappa shape index (κ1) is 18.9. The molecule has 4 rings (SSSR count). The number of nitrogens with zero attached hydrogens (tertiary/aromatic N) is 1. The van der Waals surface area contributed by atoms with Crippen LogP contribution in [0.5, 0.6) is 0 Å². The number of nitrogens with one attached hydrogen (secondary N) is 2. The van der Waals surface area contributed by atoms with E-state index in [1.165, 1.54) is 0 Å². The Kier molecular flexibility index (Phi) is 5.57. The molecule has 2 aromatic carbocycles. The Morgan fingerprint density at radius 1 is 1.07 bits per heavy atom. The number of anilines is 1. The number of rotatable bonds is 4. The molecule has 6 heteroatoms. The second-order valence-electron chi connectivity index (χ2n) is 7.00. The summed E-state index contributed by atoms with van der Waals surface area (Å²) in [6, 6.07) is 15.2. The van der Waals surface area contributed by atoms with Crippen LogP contribution >= 0.6 is 22.6 Å². The summed E-state index contributed by atoms with van der Waals surface area (Å²) < 4.78 is 1.09. The van der Waals surface area contributed by atoms with Crippen molar-refractivity contribution < 1.29 is 4.79 Å². The predicted molar refractivity (Wildman–Crippen MR) is 118 cm³/mol. The van der Waals surface area contributed by atoms with Crippen molar-refractivity contribution in [1.29, 1.82) is 0 Å². The zero-order valence-electron chi connectivity index (χ0n) is 15.3. The van der Waals surface area contributed by atoms with Gasteiger partial charge in [0.15, 0.2) is 0 Å². The van der Waals surface area contributed by atoms with Gasteiger partial charge in [0.1, 0.15) is 0 Å². The van der Waals surface area contributed by atoms with Crippen LogP contribution in [0.1, 0.15) is 45.6 Å². The summed E-state index contributed by atoms with van der Waals surface area (Å²) in [4.78, 5) is 24.5. The Bertz CT molecular complexity index is 1070. The minimum absolute atomic E-state index is 0.0583. The van der Waals surface area contributed by atoms with Gasteiger partial charge in [-0.1, -0.05) is 12.1 Å². The molecule has 1 aliphatic carbocycles. The van der Waals surface area contributed by atoms with Crippen molar-refractivity contribution in [2.24, 2.45) is 0 Å². The number of H-pyrrole nitrogens is 1. The summed E-state index contributed by atoms with van der Waals surface area (Å²) >= 11 is 2.22. The molecule has 5 nitrogen and oxygen atoms in total. The van der Waals surface area contributed by atoms with Gasteiger partial charge in [-0.25, -0.2) is 5.10 Å². The lowest BCUT2D eigenvalue weighted by Crippen LogP contribution is -2.23. The van der Waals surface area contributed by atoms with Gasteiger partial charge in [-0.05, 0) is 95.8 Å². The van der Waals surface area contributed by atoms with Crippen LogP contribution < -0.4 is 10.9 Å². The van der Waals surface area contributed by atoms with E-state index in [2.05, 4.69) is 38.1 Å². The lowest BCUT2D eigenvalue weighted by atomic mass is 9.90. The third kappa shape index (κ3) is 4.16. The minimum atomic E-state index is -0.131. The van der Waals surface area contributed by atoms with Crippen molar-refractivity contribution in [3.05, 3.63) is 90.4 Å². The molecular weight excluding hydrogens is 465 g/mol. The number of fused-ring (bicyclic) bond motifs is 1. The molecule has 0 aliphatic heterocycles. The molecule has 3 aromatic rings. The van der Waals surface area contributed by atoms with Crippen LogP contribution in [0.15, 0.2) is 53.3 Å². The Hall–Kier alpha value is -2.48. The molecule has 1 heterocycles. The molecule has 0 saturated heterocycles. The first-order valence-corrected chi connectivity index (χ1v) is 10.4. The number of benzene rings is 2. The van der Waals surface area contributed by atoms with Gasteiger partial charge in [0, 0.05) is 26.8 Å². The summed E-state index contributed by atoms with van der Waals surface area (Å²) in [6.07, 6.45) is 4.51. The summed E-state index contributed by atoms with van der Waals surface area (Å²) in [5.41, 5.74) is 5.28. The minimum Gasteiger partial charge on any atom is -0.322 e. The fraction of sp³-hybridized carbons (Fsp3) is 0.227. The number of hydrogen-bond donors (Lipinski definition) is 2. The second-order valence-corrected chi connectivity index (χ2v) is 8.25. The van der Waals surface area contributed by atoms with Crippen LogP contribution in [-0.2, 0) is 19.3 Å². The maximum Gasteiger partial charge on any atom is 0.267 e. The molecule has 0 bridgehead atoms. The van der Waals surface area contributed by atoms with E-state index < -0.39 is 0 Å². The number of halogens is 1. The van der Waals surface area contributed by atoms with Crippen molar-refractivity contribution in [2.45, 2.75) is 32.1 Å². The van der Waals surface area contributed by atoms with Crippen molar-refractivity contribution >= 4 is 34.2 Å². The van der Waals surface area contributed by atoms with E-state index in [4.69, 9.17) is 0 Å². The molecule has 28 heavy (non-hydrogen) atoms. The molecule has 1 aromatic heterocycles. The van der Waals surface area contributed by atoms with Gasteiger partial charge < -0.3 is 5.32 Å². The van der Waals surface area contributed by atoms with E-state index in [1.807, 2.05) is 48.5 Å². The molecule has 0 fully saturated rings. The van der Waals surface area contributed by atoms with Gasteiger partial charge in [0.05, 0.1) is 5.69 Å². The molecule has 2 N–H and O–H groups in total. The number of hydrogen-bond acceptors (Lipinski definition) is 3. The van der Waals surface area contributed by atoms with Gasteiger partial charge in [-0.2, -0.15) is 5.10 Å². The summed E-state index contributed by atoms with van der Waals surface area (Å²) in [5, 5.41) is 9.91. The zero-order valence-corrected chi connectivity index (χ0v) is 17.5. The Balaban J connectivity index is 1.54. The molecule has 0 radical (unpaired) electrons. The largest absolute Gasteiger partial charge is 0.322 e. The molecule has 142 valence electrons. The quantitative estimate of drug-likeness (QED) is 0.547. The van der Waals surface area contributed by atoms with Crippen molar-refractivity contribution in [1.82, 2.24) is 10.2 Å². The SMILES string of the molecule is O=C(Nc1cccc(Cc2n[nH]c(=O)c3c2CCCC3)c1)c1ccc(I)cc1. The third-order valence-electron chi connectivity index (χ3n) is 5.05. The van der Waals surface area contributed by atoms with E-state index in [9.17, 15) is 9.59 Å². The zero-order chi connectivity index (χ0) is 19.5. The highest BCUT2D eigenvalue weighted by atomic mass is 127. The number of aromatic amines is 1. The predicted octanol–water partition coefficient (Wildman–Crippen LogP) is 4.10. The van der Waals surface area contributed by atoms with Crippen LogP contribution in [0, 0.1) is 3.57 Å². The highest BCUT2D eigenvalue weighted by molar-refractivity contribution is 14.1. The maximum absolute atomic E-state index is 12.5. The normalized spacial score (nSPS) is 13.0. The number of carbonyl (C=O) groups excluding carboxylic acids is 1. The molecule has 0 spiro atoms. The van der Waals surface area contributed by atoms with Crippen LogP contribution in [0.3, 0.4) is 0 Å². The highest BCUT2D eigenvalue weighted by Gasteiger charge is 2.18. The van der Waals surface area contributed by atoms with Gasteiger partial charge in [0.25, 0.3) is 11.5 Å². The fourth-order valence-corrected chi connectivity index (χ4v) is 3.99. The Labute approximate surface area is 176 Å². The van der Waals surface area contributed by atoms with Crippen LogP contribution in [0.4, 0.5) is 5.69 Å². The van der Waals surface area contributed by atoms with E-state index in [-0.39, 0.29) is 11.5 Å². The van der Waals surface area contributed by atoms with Crippen LogP contribution in [0.2, 0.25) is 0 Å². The summed E-state index contributed by atoms with van der Waals surface area (Å²) in [5.74, 6) is -0.131. The fourth-order valence-electron chi connectivity index (χ4n) is 3.63. The monoisotopic (exact) mass is 485 g/mol. The molecule has 1 amide bonds. The van der Waals surface area contributed by atoms with Crippen LogP contribution in [-0.4, -0.2) is 16.1 Å².